The molecule has 2 aliphatic rings. The van der Waals surface area contributed by atoms with Gasteiger partial charge in [-0.15, -0.1) is 0 Å². The fourth-order valence-corrected chi connectivity index (χ4v) is 4.38. The first kappa shape index (κ1) is 20.9. The van der Waals surface area contributed by atoms with Gasteiger partial charge in [-0.2, -0.15) is 18.2 Å². The lowest BCUT2D eigenvalue weighted by molar-refractivity contribution is -0.137. The lowest BCUT2D eigenvalue weighted by Gasteiger charge is -2.27. The first-order valence-corrected chi connectivity index (χ1v) is 9.99. The van der Waals surface area contributed by atoms with E-state index < -0.39 is 17.6 Å². The highest BCUT2D eigenvalue weighted by molar-refractivity contribution is 6.28. The van der Waals surface area contributed by atoms with Crippen LogP contribution in [-0.2, 0) is 12.7 Å². The van der Waals surface area contributed by atoms with Gasteiger partial charge in [-0.25, -0.2) is 4.98 Å². The van der Waals surface area contributed by atoms with Crippen molar-refractivity contribution >= 4 is 29.0 Å². The van der Waals surface area contributed by atoms with Crippen LogP contribution in [0.25, 0.3) is 0 Å². The molecule has 4 rings (SSSR count). The molecular weight excluding hydrogens is 421 g/mol. The number of alkyl halides is 3. The van der Waals surface area contributed by atoms with Crippen LogP contribution < -0.4 is 5.32 Å². The number of nitrogens with one attached hydrogen (secondary N) is 1. The summed E-state index contributed by atoms with van der Waals surface area (Å²) in [5.74, 6) is -0.561. The van der Waals surface area contributed by atoms with Crippen molar-refractivity contribution in [3.63, 3.8) is 0 Å². The summed E-state index contributed by atoms with van der Waals surface area (Å²) >= 11 is 5.72. The summed E-state index contributed by atoms with van der Waals surface area (Å²) < 4.78 is 40.1. The lowest BCUT2D eigenvalue weighted by Crippen LogP contribution is -2.18. The Morgan fingerprint density at radius 1 is 1.23 bits per heavy atom. The van der Waals surface area contributed by atoms with E-state index in [9.17, 15) is 23.1 Å². The maximum Gasteiger partial charge on any atom is 0.421 e. The minimum absolute atomic E-state index is 0.203. The molecule has 1 amide bonds. The molecule has 1 aromatic heterocycles. The number of benzene rings is 1. The molecule has 0 bridgehead atoms. The molecule has 0 spiro atoms. The molecule has 1 aliphatic carbocycles. The molecule has 2 heterocycles. The molecule has 0 saturated heterocycles. The number of aromatic nitrogens is 2. The molecule has 160 valence electrons. The number of fused-ring (bicyclic) bond motifs is 1. The summed E-state index contributed by atoms with van der Waals surface area (Å²) in [5.41, 5.74) is 1.35. The van der Waals surface area contributed by atoms with Crippen molar-refractivity contribution in [1.82, 2.24) is 14.9 Å². The smallest absolute Gasteiger partial charge is 0.393 e. The average Bonchev–Trinajstić information content (AvgIpc) is 2.97. The number of rotatable bonds is 3. The summed E-state index contributed by atoms with van der Waals surface area (Å²) in [6, 6.07) is 3.47. The fourth-order valence-electron chi connectivity index (χ4n) is 4.24. The molecule has 1 fully saturated rings. The average molecular weight is 441 g/mol. The van der Waals surface area contributed by atoms with E-state index in [-0.39, 0.29) is 28.9 Å². The molecule has 10 heteroatoms. The molecule has 2 N–H and O–H groups in total. The predicted octanol–water partition coefficient (Wildman–Crippen LogP) is 4.50. The molecule has 0 radical (unpaired) electrons. The van der Waals surface area contributed by atoms with Gasteiger partial charge in [-0.1, -0.05) is 6.07 Å². The second-order valence-electron chi connectivity index (χ2n) is 7.75. The largest absolute Gasteiger partial charge is 0.421 e. The van der Waals surface area contributed by atoms with Crippen LogP contribution in [0.4, 0.5) is 24.7 Å². The van der Waals surface area contributed by atoms with Crippen molar-refractivity contribution < 1.29 is 23.1 Å². The van der Waals surface area contributed by atoms with Crippen LogP contribution in [0, 0.1) is 0 Å². The number of hydrogen-bond acceptors (Lipinski definition) is 5. The van der Waals surface area contributed by atoms with Crippen molar-refractivity contribution in [3.05, 3.63) is 45.9 Å². The Hall–Kier alpha value is -2.39. The maximum absolute atomic E-state index is 13.4. The second-order valence-corrected chi connectivity index (χ2v) is 8.08. The molecule has 1 aromatic carbocycles. The zero-order chi connectivity index (χ0) is 21.6. The minimum Gasteiger partial charge on any atom is -0.393 e. The highest BCUT2D eigenvalue weighted by Crippen LogP contribution is 2.42. The number of aliphatic hydroxyl groups excluding tert-OH is 1. The van der Waals surface area contributed by atoms with Gasteiger partial charge in [0.1, 0.15) is 11.4 Å². The van der Waals surface area contributed by atoms with Crippen molar-refractivity contribution in [2.75, 3.05) is 12.4 Å². The highest BCUT2D eigenvalue weighted by Gasteiger charge is 2.37. The van der Waals surface area contributed by atoms with Gasteiger partial charge in [0.25, 0.3) is 5.91 Å². The topological polar surface area (TPSA) is 78.3 Å². The van der Waals surface area contributed by atoms with E-state index in [0.29, 0.717) is 31.1 Å². The van der Waals surface area contributed by atoms with Gasteiger partial charge in [0.15, 0.2) is 0 Å². The molecule has 6 nitrogen and oxygen atoms in total. The van der Waals surface area contributed by atoms with Gasteiger partial charge in [-0.3, -0.25) is 4.79 Å². The van der Waals surface area contributed by atoms with Crippen LogP contribution in [0.1, 0.15) is 58.6 Å². The van der Waals surface area contributed by atoms with E-state index in [1.807, 2.05) is 6.07 Å². The first-order chi connectivity index (χ1) is 14.1. The molecular formula is C20H20ClF3N4O2. The Morgan fingerprint density at radius 2 is 1.93 bits per heavy atom. The van der Waals surface area contributed by atoms with Gasteiger partial charge >= 0.3 is 6.18 Å². The quantitative estimate of drug-likeness (QED) is 0.687. The highest BCUT2D eigenvalue weighted by atomic mass is 35.5. The van der Waals surface area contributed by atoms with Crippen molar-refractivity contribution in [2.24, 2.45) is 0 Å². The second kappa shape index (κ2) is 7.70. The number of nitrogens with zero attached hydrogens (tertiary/aromatic N) is 3. The van der Waals surface area contributed by atoms with Crippen molar-refractivity contribution in [1.29, 1.82) is 0 Å². The standard InChI is InChI=1S/C20H20ClF3N4O2/c1-28-9-13-12(10-2-4-11(29)5-3-10)6-7-15(16(13)18(28)30)26-17-14(20(22,23)24)8-25-19(21)27-17/h6-8,10-11,29H,2-5,9H2,1H3,(H,25,26,27). The van der Waals surface area contributed by atoms with Crippen LogP contribution in [0.5, 0.6) is 0 Å². The number of carbonyl (C=O) groups is 1. The van der Waals surface area contributed by atoms with E-state index in [0.717, 1.165) is 24.0 Å². The Labute approximate surface area is 176 Å². The summed E-state index contributed by atoms with van der Waals surface area (Å²) in [6.45, 7) is 0.384. The predicted molar refractivity (Wildman–Crippen MR) is 105 cm³/mol. The number of carbonyl (C=O) groups excluding carboxylic acids is 1. The van der Waals surface area contributed by atoms with Crippen molar-refractivity contribution in [3.8, 4) is 0 Å². The Morgan fingerprint density at radius 3 is 2.60 bits per heavy atom. The summed E-state index contributed by atoms with van der Waals surface area (Å²) in [4.78, 5) is 21.5. The third-order valence-electron chi connectivity index (χ3n) is 5.76. The lowest BCUT2D eigenvalue weighted by atomic mass is 9.80. The fraction of sp³-hybridized carbons (Fsp3) is 0.450. The normalized spacial score (nSPS) is 21.7. The van der Waals surface area contributed by atoms with E-state index in [2.05, 4.69) is 15.3 Å². The zero-order valence-corrected chi connectivity index (χ0v) is 16.9. The van der Waals surface area contributed by atoms with Crippen LogP contribution in [0.3, 0.4) is 0 Å². The van der Waals surface area contributed by atoms with Gasteiger partial charge in [-0.05, 0) is 60.4 Å². The monoisotopic (exact) mass is 440 g/mol. The first-order valence-electron chi connectivity index (χ1n) is 9.61. The molecule has 2 aromatic rings. The maximum atomic E-state index is 13.4. The van der Waals surface area contributed by atoms with E-state index in [1.54, 1.807) is 13.1 Å². The molecule has 1 saturated carbocycles. The van der Waals surface area contributed by atoms with Gasteiger partial charge in [0, 0.05) is 19.8 Å². The summed E-state index contributed by atoms with van der Waals surface area (Å²) in [5, 5.41) is 12.1. The van der Waals surface area contributed by atoms with E-state index >= 15 is 0 Å². The summed E-state index contributed by atoms with van der Waals surface area (Å²) in [6.07, 6.45) is -1.37. The number of halogens is 4. The van der Waals surface area contributed by atoms with Gasteiger partial charge in [0.2, 0.25) is 5.28 Å². The third kappa shape index (κ3) is 3.83. The number of aliphatic hydroxyl groups is 1. The zero-order valence-electron chi connectivity index (χ0n) is 16.1. The third-order valence-corrected chi connectivity index (χ3v) is 5.94. The molecule has 0 unspecified atom stereocenters. The summed E-state index contributed by atoms with van der Waals surface area (Å²) in [7, 11) is 1.66. The van der Waals surface area contributed by atoms with Crippen molar-refractivity contribution in [2.45, 2.75) is 50.4 Å². The van der Waals surface area contributed by atoms with E-state index in [1.165, 1.54) is 4.90 Å². The van der Waals surface area contributed by atoms with Crippen LogP contribution in [0.2, 0.25) is 5.28 Å². The number of amides is 1. The Kier molecular flexibility index (Phi) is 5.36. The number of hydrogen-bond donors (Lipinski definition) is 2. The van der Waals surface area contributed by atoms with Crippen LogP contribution in [-0.4, -0.2) is 39.0 Å². The van der Waals surface area contributed by atoms with E-state index in [4.69, 9.17) is 11.6 Å². The number of anilines is 2. The van der Waals surface area contributed by atoms with Crippen LogP contribution in [0.15, 0.2) is 18.3 Å². The van der Waals surface area contributed by atoms with Crippen LogP contribution >= 0.6 is 11.6 Å². The van der Waals surface area contributed by atoms with Gasteiger partial charge < -0.3 is 15.3 Å². The SMILES string of the molecule is CN1Cc2c(C3CCC(O)CC3)ccc(Nc3nc(Cl)ncc3C(F)(F)F)c2C1=O. The molecule has 1 aliphatic heterocycles. The Bertz CT molecular complexity index is 991. The minimum atomic E-state index is -4.68. The molecule has 0 atom stereocenters. The Balaban J connectivity index is 1.76. The molecule has 30 heavy (non-hydrogen) atoms. The van der Waals surface area contributed by atoms with Gasteiger partial charge in [0.05, 0.1) is 17.4 Å².